The molecule has 118 valence electrons. The molecule has 3 aromatic rings. The number of aromatic amines is 1. The van der Waals surface area contributed by atoms with Crippen LogP contribution >= 0.6 is 0 Å². The monoisotopic (exact) mass is 310 g/mol. The highest BCUT2D eigenvalue weighted by Gasteiger charge is 2.21. The molecule has 0 saturated carbocycles. The predicted molar refractivity (Wildman–Crippen MR) is 89.3 cm³/mol. The lowest BCUT2D eigenvalue weighted by Crippen LogP contribution is -2.41. The number of nitrogens with one attached hydrogen (secondary N) is 2. The smallest absolute Gasteiger partial charge is 0.270 e. The van der Waals surface area contributed by atoms with E-state index in [1.54, 1.807) is 6.07 Å². The van der Waals surface area contributed by atoms with E-state index in [1.165, 1.54) is 0 Å². The van der Waals surface area contributed by atoms with Crippen molar-refractivity contribution in [3.63, 3.8) is 0 Å². The van der Waals surface area contributed by atoms with Crippen LogP contribution in [0.25, 0.3) is 21.8 Å². The third-order valence-electron chi connectivity index (χ3n) is 3.45. The van der Waals surface area contributed by atoms with E-state index in [4.69, 9.17) is 5.73 Å². The molecule has 6 heteroatoms. The summed E-state index contributed by atoms with van der Waals surface area (Å²) in [6, 6.07) is 9.29. The van der Waals surface area contributed by atoms with Crippen molar-refractivity contribution in [3.8, 4) is 0 Å². The van der Waals surface area contributed by atoms with Gasteiger partial charge in [0.1, 0.15) is 5.69 Å². The minimum atomic E-state index is -0.674. The average Bonchev–Trinajstić information content (AvgIpc) is 2.82. The molecule has 2 amide bonds. The number of nitrogens with two attached hydrogens (primary N) is 1. The van der Waals surface area contributed by atoms with Crippen molar-refractivity contribution in [1.29, 1.82) is 0 Å². The highest BCUT2D eigenvalue weighted by molar-refractivity contribution is 6.15. The third kappa shape index (κ3) is 2.75. The van der Waals surface area contributed by atoms with Gasteiger partial charge in [-0.1, -0.05) is 18.2 Å². The topological polar surface area (TPSA) is 101 Å². The molecule has 2 heterocycles. The van der Waals surface area contributed by atoms with Gasteiger partial charge in [0, 0.05) is 21.8 Å². The normalized spacial score (nSPS) is 11.8. The number of primary amides is 1. The zero-order valence-corrected chi connectivity index (χ0v) is 13.2. The number of amides is 2. The van der Waals surface area contributed by atoms with E-state index in [0.29, 0.717) is 5.52 Å². The number of hydrogen-bond acceptors (Lipinski definition) is 3. The molecule has 4 N–H and O–H groups in total. The van der Waals surface area contributed by atoms with Gasteiger partial charge in [-0.15, -0.1) is 0 Å². The van der Waals surface area contributed by atoms with Gasteiger partial charge in [0.05, 0.1) is 5.52 Å². The Kier molecular flexibility index (Phi) is 3.32. The summed E-state index contributed by atoms with van der Waals surface area (Å²) in [7, 11) is 0. The Morgan fingerprint density at radius 3 is 2.52 bits per heavy atom. The molecule has 0 aliphatic carbocycles. The molecule has 0 atom stereocenters. The number of carbonyl (C=O) groups excluding carboxylic acids is 2. The lowest BCUT2D eigenvalue weighted by atomic mass is 10.1. The summed E-state index contributed by atoms with van der Waals surface area (Å²) < 4.78 is 0. The average molecular weight is 310 g/mol. The molecule has 3 rings (SSSR count). The van der Waals surface area contributed by atoms with Gasteiger partial charge in [-0.2, -0.15) is 0 Å². The van der Waals surface area contributed by atoms with Crippen LogP contribution < -0.4 is 11.1 Å². The summed E-state index contributed by atoms with van der Waals surface area (Å²) in [6.07, 6.45) is 0. The Morgan fingerprint density at radius 1 is 1.17 bits per heavy atom. The van der Waals surface area contributed by atoms with E-state index in [-0.39, 0.29) is 17.3 Å². The number of nitrogens with zero attached hydrogens (tertiary/aromatic N) is 1. The van der Waals surface area contributed by atoms with Crippen molar-refractivity contribution in [2.24, 2.45) is 5.73 Å². The quantitative estimate of drug-likeness (QED) is 0.677. The second-order valence-corrected chi connectivity index (χ2v) is 6.52. The van der Waals surface area contributed by atoms with E-state index in [1.807, 2.05) is 45.0 Å². The first-order valence-corrected chi connectivity index (χ1v) is 7.30. The molecule has 0 aliphatic rings. The van der Waals surface area contributed by atoms with Crippen LogP contribution in [0.3, 0.4) is 0 Å². The maximum absolute atomic E-state index is 12.4. The van der Waals surface area contributed by atoms with E-state index < -0.39 is 11.4 Å². The van der Waals surface area contributed by atoms with E-state index in [9.17, 15) is 9.59 Å². The standard InChI is InChI=1S/C17H18N4O2/c1-17(2,3)21-16(23)12-8-10-9-6-4-5-7-11(9)19-13(10)14(20-12)15(18)22/h4-8,19H,1-3H3,(H2,18,22)(H,21,23). The number of H-pyrrole nitrogens is 1. The van der Waals surface area contributed by atoms with Crippen molar-refractivity contribution < 1.29 is 9.59 Å². The fraction of sp³-hybridized carbons (Fsp3) is 0.235. The fourth-order valence-corrected chi connectivity index (χ4v) is 2.54. The maximum Gasteiger partial charge on any atom is 0.270 e. The minimum Gasteiger partial charge on any atom is -0.364 e. The number of rotatable bonds is 2. The molecular weight excluding hydrogens is 292 g/mol. The molecule has 0 spiro atoms. The zero-order chi connectivity index (χ0) is 16.8. The van der Waals surface area contributed by atoms with Crippen LogP contribution in [0.2, 0.25) is 0 Å². The number of fused-ring (bicyclic) bond motifs is 3. The van der Waals surface area contributed by atoms with Crippen molar-refractivity contribution in [2.45, 2.75) is 26.3 Å². The van der Waals surface area contributed by atoms with Gasteiger partial charge in [0.25, 0.3) is 11.8 Å². The van der Waals surface area contributed by atoms with Crippen LogP contribution in [0, 0.1) is 0 Å². The molecule has 23 heavy (non-hydrogen) atoms. The van der Waals surface area contributed by atoms with Gasteiger partial charge in [-0.25, -0.2) is 4.98 Å². The highest BCUT2D eigenvalue weighted by atomic mass is 16.2. The second kappa shape index (κ2) is 5.08. The maximum atomic E-state index is 12.4. The lowest BCUT2D eigenvalue weighted by Gasteiger charge is -2.20. The molecule has 6 nitrogen and oxygen atoms in total. The summed E-state index contributed by atoms with van der Waals surface area (Å²) in [4.78, 5) is 31.5. The van der Waals surface area contributed by atoms with Crippen LogP contribution in [-0.4, -0.2) is 27.3 Å². The molecule has 0 fully saturated rings. The second-order valence-electron chi connectivity index (χ2n) is 6.52. The summed E-state index contributed by atoms with van der Waals surface area (Å²) in [6.45, 7) is 5.64. The molecule has 0 unspecified atom stereocenters. The van der Waals surface area contributed by atoms with E-state index in [2.05, 4.69) is 15.3 Å². The first-order chi connectivity index (χ1) is 10.8. The van der Waals surface area contributed by atoms with Crippen LogP contribution in [-0.2, 0) is 0 Å². The van der Waals surface area contributed by atoms with Gasteiger partial charge in [-0.3, -0.25) is 9.59 Å². The summed E-state index contributed by atoms with van der Waals surface area (Å²) in [5.41, 5.74) is 6.69. The molecule has 2 aromatic heterocycles. The SMILES string of the molecule is CC(C)(C)NC(=O)c1cc2c([nH]c3ccccc32)c(C(N)=O)n1. The number of aromatic nitrogens is 2. The predicted octanol–water partition coefficient (Wildman–Crippen LogP) is 2.34. The van der Waals surface area contributed by atoms with E-state index in [0.717, 1.165) is 16.3 Å². The van der Waals surface area contributed by atoms with Crippen LogP contribution in [0.4, 0.5) is 0 Å². The number of hydrogen-bond donors (Lipinski definition) is 3. The van der Waals surface area contributed by atoms with E-state index >= 15 is 0 Å². The Hall–Kier alpha value is -2.89. The van der Waals surface area contributed by atoms with Gasteiger partial charge in [-0.05, 0) is 32.9 Å². The van der Waals surface area contributed by atoms with Crippen molar-refractivity contribution >= 4 is 33.6 Å². The van der Waals surface area contributed by atoms with Gasteiger partial charge >= 0.3 is 0 Å². The first kappa shape index (κ1) is 15.0. The van der Waals surface area contributed by atoms with Crippen molar-refractivity contribution in [3.05, 3.63) is 41.7 Å². The fourth-order valence-electron chi connectivity index (χ4n) is 2.54. The third-order valence-corrected chi connectivity index (χ3v) is 3.45. The Morgan fingerprint density at radius 2 is 1.87 bits per heavy atom. The zero-order valence-electron chi connectivity index (χ0n) is 13.2. The Bertz CT molecular complexity index is 935. The lowest BCUT2D eigenvalue weighted by molar-refractivity contribution is 0.0914. The number of carbonyl (C=O) groups is 2. The van der Waals surface area contributed by atoms with Gasteiger partial charge in [0.15, 0.2) is 5.69 Å². The van der Waals surface area contributed by atoms with Gasteiger partial charge < -0.3 is 16.0 Å². The summed E-state index contributed by atoms with van der Waals surface area (Å²) >= 11 is 0. The van der Waals surface area contributed by atoms with Crippen molar-refractivity contribution in [2.75, 3.05) is 0 Å². The summed E-state index contributed by atoms with van der Waals surface area (Å²) in [5, 5.41) is 4.51. The van der Waals surface area contributed by atoms with Crippen LogP contribution in [0.1, 0.15) is 41.7 Å². The van der Waals surface area contributed by atoms with Crippen LogP contribution in [0.5, 0.6) is 0 Å². The van der Waals surface area contributed by atoms with Crippen molar-refractivity contribution in [1.82, 2.24) is 15.3 Å². The first-order valence-electron chi connectivity index (χ1n) is 7.30. The van der Waals surface area contributed by atoms with Crippen LogP contribution in [0.15, 0.2) is 30.3 Å². The highest BCUT2D eigenvalue weighted by Crippen LogP contribution is 2.27. The number of pyridine rings is 1. The number of benzene rings is 1. The molecule has 0 saturated heterocycles. The minimum absolute atomic E-state index is 0.0674. The van der Waals surface area contributed by atoms with Gasteiger partial charge in [0.2, 0.25) is 0 Å². The molecule has 0 aliphatic heterocycles. The molecule has 0 radical (unpaired) electrons. The number of para-hydroxylation sites is 1. The Labute approximate surface area is 133 Å². The summed E-state index contributed by atoms with van der Waals surface area (Å²) in [5.74, 6) is -1.01. The Balaban J connectivity index is 2.26. The molecule has 0 bridgehead atoms. The molecular formula is C17H18N4O2. The largest absolute Gasteiger partial charge is 0.364 e. The molecule has 1 aromatic carbocycles.